The molecule has 0 fully saturated rings. The first-order chi connectivity index (χ1) is 14.9. The van der Waals surface area contributed by atoms with E-state index in [0.717, 1.165) is 0 Å². The Hall–Kier alpha value is -2.69. The third kappa shape index (κ3) is 4.72. The van der Waals surface area contributed by atoms with Crippen LogP contribution in [-0.2, 0) is 6.42 Å². The van der Waals surface area contributed by atoms with Gasteiger partial charge in [0.2, 0.25) is 0 Å². The van der Waals surface area contributed by atoms with Crippen LogP contribution in [0.4, 0.5) is 0 Å². The lowest BCUT2D eigenvalue weighted by Gasteiger charge is -2.27. The van der Waals surface area contributed by atoms with Crippen LogP contribution in [0.15, 0.2) is 121 Å². The van der Waals surface area contributed by atoms with Gasteiger partial charge in [-0.2, -0.15) is 0 Å². The van der Waals surface area contributed by atoms with E-state index in [1.165, 1.54) is 53.3 Å². The molecule has 0 amide bonds. The Bertz CT molecular complexity index is 899. The van der Waals surface area contributed by atoms with E-state index in [4.69, 9.17) is 0 Å². The Kier molecular flexibility index (Phi) is 7.11. The number of benzene rings is 4. The number of aryl methyl sites for hydroxylation is 1. The molecule has 0 N–H and O–H groups in total. The zero-order valence-electron chi connectivity index (χ0n) is 17.5. The predicted molar refractivity (Wildman–Crippen MR) is 134 cm³/mol. The molecule has 4 aromatic carbocycles. The fourth-order valence-corrected chi connectivity index (χ4v) is 8.79. The number of unbranched alkanes of at least 4 members (excludes halogenated alkanes) is 2. The SMILES string of the molecule is c1ccc(CCCCC[P+](c2ccccc2)(c2ccccc2)c2ccccc2)cc1. The molecule has 150 valence electrons. The third-order valence-electron chi connectivity index (χ3n) is 5.89. The second kappa shape index (κ2) is 10.4. The summed E-state index contributed by atoms with van der Waals surface area (Å²) in [6, 6.07) is 44.5. The van der Waals surface area contributed by atoms with E-state index < -0.39 is 7.26 Å². The molecular weight excluding hydrogens is 379 g/mol. The maximum absolute atomic E-state index is 2.34. The molecule has 4 rings (SSSR count). The molecule has 0 aromatic heterocycles. The second-order valence-corrected chi connectivity index (χ2v) is 11.5. The van der Waals surface area contributed by atoms with Crippen molar-refractivity contribution in [3.63, 3.8) is 0 Å². The van der Waals surface area contributed by atoms with Crippen LogP contribution >= 0.6 is 7.26 Å². The molecule has 1 heteroatoms. The smallest absolute Gasteiger partial charge is 0.0622 e. The molecule has 30 heavy (non-hydrogen) atoms. The molecule has 0 unspecified atom stereocenters. The molecular formula is C29H30P+. The van der Waals surface area contributed by atoms with Crippen LogP contribution in [0.25, 0.3) is 0 Å². The average Bonchev–Trinajstić information content (AvgIpc) is 2.84. The Morgan fingerprint density at radius 3 is 1.23 bits per heavy atom. The fraction of sp³-hybridized carbons (Fsp3) is 0.172. The summed E-state index contributed by atoms with van der Waals surface area (Å²) in [4.78, 5) is 0. The van der Waals surface area contributed by atoms with Gasteiger partial charge in [-0.25, -0.2) is 0 Å². The zero-order valence-corrected chi connectivity index (χ0v) is 18.4. The minimum Gasteiger partial charge on any atom is -0.0622 e. The maximum Gasteiger partial charge on any atom is 0.112 e. The van der Waals surface area contributed by atoms with Crippen LogP contribution in [0.1, 0.15) is 24.8 Å². The number of rotatable bonds is 9. The molecule has 0 saturated carbocycles. The van der Waals surface area contributed by atoms with Crippen LogP contribution in [-0.4, -0.2) is 6.16 Å². The third-order valence-corrected chi connectivity index (χ3v) is 10.4. The Labute approximate surface area is 182 Å². The Morgan fingerprint density at radius 2 is 0.800 bits per heavy atom. The molecule has 0 spiro atoms. The second-order valence-electron chi connectivity index (χ2n) is 7.84. The topological polar surface area (TPSA) is 0 Å². The van der Waals surface area contributed by atoms with Gasteiger partial charge in [0.15, 0.2) is 0 Å². The van der Waals surface area contributed by atoms with Crippen LogP contribution in [0.3, 0.4) is 0 Å². The van der Waals surface area contributed by atoms with Gasteiger partial charge >= 0.3 is 0 Å². The van der Waals surface area contributed by atoms with Gasteiger partial charge in [0.05, 0.1) is 6.16 Å². The minimum absolute atomic E-state index is 1.17. The van der Waals surface area contributed by atoms with E-state index in [0.29, 0.717) is 0 Å². The number of hydrogen-bond acceptors (Lipinski definition) is 0. The molecule has 0 atom stereocenters. The summed E-state index contributed by atoms with van der Waals surface area (Å²) in [6.45, 7) is 0. The van der Waals surface area contributed by atoms with E-state index in [2.05, 4.69) is 121 Å². The Balaban J connectivity index is 1.61. The van der Waals surface area contributed by atoms with Crippen molar-refractivity contribution in [2.75, 3.05) is 6.16 Å². The van der Waals surface area contributed by atoms with Crippen molar-refractivity contribution < 1.29 is 0 Å². The largest absolute Gasteiger partial charge is 0.112 e. The molecule has 0 aliphatic rings. The lowest BCUT2D eigenvalue weighted by Crippen LogP contribution is -2.33. The summed E-state index contributed by atoms with van der Waals surface area (Å²) >= 11 is 0. The summed E-state index contributed by atoms with van der Waals surface area (Å²) in [5, 5.41) is 4.47. The molecule has 0 radical (unpaired) electrons. The van der Waals surface area contributed by atoms with E-state index >= 15 is 0 Å². The zero-order chi connectivity index (χ0) is 20.5. The molecule has 0 nitrogen and oxygen atoms in total. The van der Waals surface area contributed by atoms with Gasteiger partial charge in [-0.1, -0.05) is 84.9 Å². The van der Waals surface area contributed by atoms with Crippen molar-refractivity contribution in [2.24, 2.45) is 0 Å². The van der Waals surface area contributed by atoms with Crippen molar-refractivity contribution >= 4 is 23.2 Å². The highest BCUT2D eigenvalue weighted by atomic mass is 31.2. The lowest BCUT2D eigenvalue weighted by atomic mass is 10.1. The highest BCUT2D eigenvalue weighted by molar-refractivity contribution is 7.95. The van der Waals surface area contributed by atoms with Gasteiger partial charge in [0.1, 0.15) is 23.2 Å². The summed E-state index contributed by atoms with van der Waals surface area (Å²) < 4.78 is 0. The molecule has 4 aromatic rings. The first-order valence-electron chi connectivity index (χ1n) is 11.0. The summed E-state index contributed by atoms with van der Waals surface area (Å²) in [5.74, 6) is 0. The standard InChI is InChI=1S/C29H30P/c1-6-16-26(17-7-1)18-8-5-15-25-30(27-19-9-2-10-20-27,28-21-11-3-12-22-28)29-23-13-4-14-24-29/h1-4,6-7,9-14,16-17,19-24H,5,8,15,18,25H2/q+1. The van der Waals surface area contributed by atoms with Gasteiger partial charge < -0.3 is 0 Å². The molecule has 0 saturated heterocycles. The molecule has 0 heterocycles. The van der Waals surface area contributed by atoms with E-state index in [9.17, 15) is 0 Å². The van der Waals surface area contributed by atoms with Crippen LogP contribution < -0.4 is 15.9 Å². The van der Waals surface area contributed by atoms with E-state index in [1.54, 1.807) is 0 Å². The van der Waals surface area contributed by atoms with Crippen LogP contribution in [0.5, 0.6) is 0 Å². The van der Waals surface area contributed by atoms with Gasteiger partial charge in [0.25, 0.3) is 0 Å². The highest BCUT2D eigenvalue weighted by Crippen LogP contribution is 2.55. The van der Waals surface area contributed by atoms with E-state index in [1.807, 2.05) is 0 Å². The van der Waals surface area contributed by atoms with Crippen LogP contribution in [0, 0.1) is 0 Å². The van der Waals surface area contributed by atoms with E-state index in [-0.39, 0.29) is 0 Å². The first kappa shape index (κ1) is 20.6. The Morgan fingerprint density at radius 1 is 0.400 bits per heavy atom. The molecule has 0 aliphatic carbocycles. The van der Waals surface area contributed by atoms with Crippen molar-refractivity contribution in [1.82, 2.24) is 0 Å². The molecule has 0 bridgehead atoms. The summed E-state index contributed by atoms with van der Waals surface area (Å²) in [5.41, 5.74) is 1.45. The van der Waals surface area contributed by atoms with Gasteiger partial charge in [-0.05, 0) is 67.6 Å². The fourth-order valence-electron chi connectivity index (χ4n) is 4.38. The lowest BCUT2D eigenvalue weighted by molar-refractivity contribution is 0.720. The average molecular weight is 410 g/mol. The normalized spacial score (nSPS) is 11.3. The quantitative estimate of drug-likeness (QED) is 0.222. The van der Waals surface area contributed by atoms with Gasteiger partial charge in [-0.3, -0.25) is 0 Å². The maximum atomic E-state index is 2.34. The van der Waals surface area contributed by atoms with Crippen molar-refractivity contribution in [3.05, 3.63) is 127 Å². The predicted octanol–water partition coefficient (Wildman–Crippen LogP) is 6.39. The van der Waals surface area contributed by atoms with Crippen molar-refractivity contribution in [1.29, 1.82) is 0 Å². The molecule has 0 aliphatic heterocycles. The monoisotopic (exact) mass is 409 g/mol. The minimum atomic E-state index is -1.67. The summed E-state index contributed by atoms with van der Waals surface area (Å²) in [6.07, 6.45) is 6.17. The van der Waals surface area contributed by atoms with Crippen molar-refractivity contribution in [2.45, 2.75) is 25.7 Å². The van der Waals surface area contributed by atoms with Gasteiger partial charge in [-0.15, -0.1) is 0 Å². The van der Waals surface area contributed by atoms with Crippen molar-refractivity contribution in [3.8, 4) is 0 Å². The van der Waals surface area contributed by atoms with Crippen LogP contribution in [0.2, 0.25) is 0 Å². The number of hydrogen-bond donors (Lipinski definition) is 0. The van der Waals surface area contributed by atoms with Gasteiger partial charge in [0, 0.05) is 0 Å². The highest BCUT2D eigenvalue weighted by Gasteiger charge is 2.44. The summed E-state index contributed by atoms with van der Waals surface area (Å²) in [7, 11) is -1.67. The first-order valence-corrected chi connectivity index (χ1v) is 13.0.